The highest BCUT2D eigenvalue weighted by atomic mass is 16.5. The fourth-order valence-corrected chi connectivity index (χ4v) is 2.02. The topological polar surface area (TPSA) is 21.3 Å². The molecule has 1 aliphatic carbocycles. The smallest absolute Gasteiger partial charge is 0.0466 e. The van der Waals surface area contributed by atoms with Crippen LogP contribution in [0.2, 0.25) is 0 Å². The molecule has 0 amide bonds. The van der Waals surface area contributed by atoms with Crippen LogP contribution in [0.25, 0.3) is 0 Å². The van der Waals surface area contributed by atoms with Gasteiger partial charge in [0.15, 0.2) is 0 Å². The first kappa shape index (κ1) is 13.0. The van der Waals surface area contributed by atoms with Crippen molar-refractivity contribution in [3.63, 3.8) is 0 Å². The Morgan fingerprint density at radius 3 is 1.20 bits per heavy atom. The molecular formula is C13H27NO. The van der Waals surface area contributed by atoms with Crippen LogP contribution in [0.15, 0.2) is 0 Å². The zero-order chi connectivity index (χ0) is 10.6. The van der Waals surface area contributed by atoms with Crippen molar-refractivity contribution in [1.29, 1.82) is 0 Å². The van der Waals surface area contributed by atoms with Gasteiger partial charge >= 0.3 is 0 Å². The largest absolute Gasteiger partial charge is 0.381 e. The molecule has 2 heteroatoms. The molecule has 2 aliphatic heterocycles. The van der Waals surface area contributed by atoms with Gasteiger partial charge in [0, 0.05) is 13.2 Å². The number of ether oxygens (including phenoxy) is 1. The van der Waals surface area contributed by atoms with E-state index >= 15 is 0 Å². The number of hydrogen-bond acceptors (Lipinski definition) is 2. The molecule has 1 saturated carbocycles. The molecule has 0 bridgehead atoms. The van der Waals surface area contributed by atoms with Gasteiger partial charge in [-0.25, -0.2) is 0 Å². The van der Waals surface area contributed by atoms with Gasteiger partial charge in [-0.2, -0.15) is 0 Å². The third kappa shape index (κ3) is 8.88. The molecule has 1 N–H and O–H groups in total. The summed E-state index contributed by atoms with van der Waals surface area (Å²) in [4.78, 5) is 0. The Kier molecular flexibility index (Phi) is 9.04. The molecule has 3 fully saturated rings. The van der Waals surface area contributed by atoms with Gasteiger partial charge in [0.1, 0.15) is 0 Å². The lowest BCUT2D eigenvalue weighted by Gasteiger charge is -1.76. The van der Waals surface area contributed by atoms with Crippen molar-refractivity contribution in [3.05, 3.63) is 0 Å². The quantitative estimate of drug-likeness (QED) is 0.667. The van der Waals surface area contributed by atoms with E-state index in [2.05, 4.69) is 5.32 Å². The summed E-state index contributed by atoms with van der Waals surface area (Å²) in [7, 11) is 0. The van der Waals surface area contributed by atoms with Gasteiger partial charge in [0.25, 0.3) is 0 Å². The molecule has 0 radical (unpaired) electrons. The van der Waals surface area contributed by atoms with Crippen LogP contribution >= 0.6 is 0 Å². The first-order chi connectivity index (χ1) is 7.50. The Hall–Kier alpha value is -0.0800. The minimum atomic E-state index is 1.00. The third-order valence-corrected chi connectivity index (χ3v) is 3.03. The van der Waals surface area contributed by atoms with Crippen LogP contribution in [0.4, 0.5) is 0 Å². The predicted molar refractivity (Wildman–Crippen MR) is 65.2 cm³/mol. The normalized spacial score (nSPS) is 24.0. The van der Waals surface area contributed by atoms with Crippen molar-refractivity contribution in [2.24, 2.45) is 0 Å². The summed E-state index contributed by atoms with van der Waals surface area (Å²) < 4.78 is 4.94. The van der Waals surface area contributed by atoms with Crippen LogP contribution in [0.5, 0.6) is 0 Å². The highest BCUT2D eigenvalue weighted by Gasteiger charge is 1.95. The monoisotopic (exact) mass is 213 g/mol. The number of hydrogen-bond donors (Lipinski definition) is 1. The van der Waals surface area contributed by atoms with Crippen molar-refractivity contribution < 1.29 is 4.74 Å². The zero-order valence-corrected chi connectivity index (χ0v) is 10.1. The van der Waals surface area contributed by atoms with Crippen LogP contribution < -0.4 is 5.32 Å². The van der Waals surface area contributed by atoms with Crippen LogP contribution in [-0.2, 0) is 4.74 Å². The molecule has 2 heterocycles. The maximum atomic E-state index is 4.94. The molecule has 2 saturated heterocycles. The standard InChI is InChI=1S/C5H10.C4H9N.C4H8O/c3*1-2-4-5-3-1/h1-5H2;5H,1-4H2;1-4H2. The van der Waals surface area contributed by atoms with E-state index in [1.165, 1.54) is 70.9 Å². The lowest BCUT2D eigenvalue weighted by molar-refractivity contribution is 0.198. The number of nitrogens with one attached hydrogen (secondary N) is 1. The zero-order valence-electron chi connectivity index (χ0n) is 10.1. The summed E-state index contributed by atoms with van der Waals surface area (Å²) in [5.74, 6) is 0. The second-order valence-corrected chi connectivity index (χ2v) is 4.54. The van der Waals surface area contributed by atoms with Crippen LogP contribution in [0.1, 0.15) is 57.8 Å². The van der Waals surface area contributed by atoms with Crippen LogP contribution in [-0.4, -0.2) is 26.3 Å². The molecule has 15 heavy (non-hydrogen) atoms. The Bertz CT molecular complexity index is 69.1. The van der Waals surface area contributed by atoms with E-state index in [4.69, 9.17) is 4.74 Å². The second-order valence-electron chi connectivity index (χ2n) is 4.54. The maximum absolute atomic E-state index is 4.94. The van der Waals surface area contributed by atoms with Gasteiger partial charge in [0.05, 0.1) is 0 Å². The van der Waals surface area contributed by atoms with Gasteiger partial charge in [0.2, 0.25) is 0 Å². The maximum Gasteiger partial charge on any atom is 0.0466 e. The summed E-state index contributed by atoms with van der Waals surface area (Å²) >= 11 is 0. The molecular weight excluding hydrogens is 186 g/mol. The average molecular weight is 213 g/mol. The Morgan fingerprint density at radius 1 is 0.533 bits per heavy atom. The third-order valence-electron chi connectivity index (χ3n) is 3.03. The fourth-order valence-electron chi connectivity index (χ4n) is 2.02. The van der Waals surface area contributed by atoms with Crippen molar-refractivity contribution >= 4 is 0 Å². The van der Waals surface area contributed by atoms with E-state index in [0.717, 1.165) is 13.2 Å². The molecule has 3 aliphatic rings. The summed E-state index contributed by atoms with van der Waals surface area (Å²) in [5, 5.41) is 3.22. The highest BCUT2D eigenvalue weighted by Crippen LogP contribution is 2.15. The van der Waals surface area contributed by atoms with Gasteiger partial charge in [-0.1, -0.05) is 32.1 Å². The van der Waals surface area contributed by atoms with E-state index < -0.39 is 0 Å². The minimum absolute atomic E-state index is 1.00. The average Bonchev–Trinajstić information content (AvgIpc) is 3.09. The fraction of sp³-hybridized carbons (Fsp3) is 1.00. The van der Waals surface area contributed by atoms with E-state index in [1.807, 2.05) is 0 Å². The Balaban J connectivity index is 0.000000112. The summed E-state index contributed by atoms with van der Waals surface area (Å²) in [6.45, 7) is 4.50. The van der Waals surface area contributed by atoms with E-state index in [9.17, 15) is 0 Å². The molecule has 0 aromatic heterocycles. The molecule has 0 unspecified atom stereocenters. The summed E-state index contributed by atoms with van der Waals surface area (Å²) in [5.41, 5.74) is 0. The van der Waals surface area contributed by atoms with E-state index in [-0.39, 0.29) is 0 Å². The second kappa shape index (κ2) is 10.4. The SMILES string of the molecule is C1CCCC1.C1CCNC1.C1CCOC1. The van der Waals surface area contributed by atoms with Crippen molar-refractivity contribution in [3.8, 4) is 0 Å². The first-order valence-electron chi connectivity index (χ1n) is 6.78. The molecule has 90 valence electrons. The molecule has 3 rings (SSSR count). The lowest BCUT2D eigenvalue weighted by Crippen LogP contribution is -2.03. The van der Waals surface area contributed by atoms with E-state index in [0.29, 0.717) is 0 Å². The van der Waals surface area contributed by atoms with Crippen molar-refractivity contribution in [2.45, 2.75) is 57.8 Å². The molecule has 0 aromatic rings. The van der Waals surface area contributed by atoms with Gasteiger partial charge in [-0.15, -0.1) is 0 Å². The van der Waals surface area contributed by atoms with Crippen LogP contribution in [0.3, 0.4) is 0 Å². The summed E-state index contributed by atoms with van der Waals surface area (Å²) in [6.07, 6.45) is 12.8. The first-order valence-corrected chi connectivity index (χ1v) is 6.78. The lowest BCUT2D eigenvalue weighted by atomic mass is 10.4. The minimum Gasteiger partial charge on any atom is -0.381 e. The highest BCUT2D eigenvalue weighted by molar-refractivity contribution is 4.55. The predicted octanol–water partition coefficient (Wildman–Crippen LogP) is 3.12. The molecule has 2 nitrogen and oxygen atoms in total. The van der Waals surface area contributed by atoms with Gasteiger partial charge < -0.3 is 10.1 Å². The molecule has 0 spiro atoms. The number of rotatable bonds is 0. The van der Waals surface area contributed by atoms with Gasteiger partial charge in [-0.3, -0.25) is 0 Å². The van der Waals surface area contributed by atoms with Crippen molar-refractivity contribution in [1.82, 2.24) is 5.32 Å². The van der Waals surface area contributed by atoms with Gasteiger partial charge in [-0.05, 0) is 38.8 Å². The Morgan fingerprint density at radius 2 is 1.00 bits per heavy atom. The summed E-state index contributed by atoms with van der Waals surface area (Å²) in [6, 6.07) is 0. The Labute approximate surface area is 94.8 Å². The van der Waals surface area contributed by atoms with Crippen LogP contribution in [0, 0.1) is 0 Å². The molecule has 0 atom stereocenters. The molecule has 0 aromatic carbocycles. The van der Waals surface area contributed by atoms with Crippen molar-refractivity contribution in [2.75, 3.05) is 26.3 Å². The van der Waals surface area contributed by atoms with E-state index in [1.54, 1.807) is 0 Å².